The number of nitrogens with one attached hydrogen (secondary N) is 1. The Morgan fingerprint density at radius 2 is 2.12 bits per heavy atom. The molecule has 3 N–H and O–H groups in total. The maximum absolute atomic E-state index is 13.8. The second-order valence-electron chi connectivity index (χ2n) is 7.34. The van der Waals surface area contributed by atoms with Crippen LogP contribution in [-0.2, 0) is 15.0 Å². The Balaban J connectivity index is 1.80. The van der Waals surface area contributed by atoms with Gasteiger partial charge >= 0.3 is 0 Å². The average molecular weight is 360 g/mol. The summed E-state index contributed by atoms with van der Waals surface area (Å²) in [5, 5.41) is 6.52. The zero-order chi connectivity index (χ0) is 19.1. The van der Waals surface area contributed by atoms with Crippen LogP contribution in [0.3, 0.4) is 0 Å². The zero-order valence-electron chi connectivity index (χ0n) is 14.9. The number of hydrogen-bond acceptors (Lipinski definition) is 5. The molecule has 1 atom stereocenters. The van der Waals surface area contributed by atoms with E-state index in [9.17, 15) is 14.0 Å². The van der Waals surface area contributed by atoms with Crippen LogP contribution in [0.2, 0.25) is 0 Å². The quantitative estimate of drug-likeness (QED) is 0.820. The molecule has 0 spiro atoms. The van der Waals surface area contributed by atoms with Gasteiger partial charge in [-0.15, -0.1) is 0 Å². The van der Waals surface area contributed by atoms with E-state index < -0.39 is 17.8 Å². The molecule has 1 aliphatic rings. The molecule has 1 fully saturated rings. The first-order chi connectivity index (χ1) is 12.2. The number of halogens is 1. The van der Waals surface area contributed by atoms with Crippen LogP contribution in [0, 0.1) is 5.82 Å². The molecule has 138 valence electrons. The zero-order valence-corrected chi connectivity index (χ0v) is 14.9. The predicted octanol–water partition coefficient (Wildman–Crippen LogP) is 2.83. The molecule has 0 saturated carbocycles. The summed E-state index contributed by atoms with van der Waals surface area (Å²) in [6.07, 6.45) is 0.538. The van der Waals surface area contributed by atoms with Crippen molar-refractivity contribution in [2.45, 2.75) is 45.1 Å². The minimum Gasteiger partial charge on any atom is -0.396 e. The van der Waals surface area contributed by atoms with Crippen LogP contribution in [0.5, 0.6) is 0 Å². The molecule has 2 heterocycles. The topological polar surface area (TPSA) is 101 Å². The number of aromatic nitrogens is 1. The molecule has 1 aliphatic heterocycles. The van der Waals surface area contributed by atoms with Crippen LogP contribution >= 0.6 is 0 Å². The standard InChI is InChI=1S/C18H21FN4O3/c1-18(2,3)14-9-15(22-26-14)21-17(25)13-6-7-16(24)23(13)10-4-5-12(20)11(19)8-10/h4-5,8-9,13H,6-7,20H2,1-3H3,(H,21,22,25)/t13-/m0/s1. The number of carbonyl (C=O) groups is 2. The molecule has 3 rings (SSSR count). The Bertz CT molecular complexity index is 856. The minimum atomic E-state index is -0.750. The Labute approximate surface area is 150 Å². The maximum Gasteiger partial charge on any atom is 0.248 e. The number of anilines is 3. The Hall–Kier alpha value is -2.90. The fourth-order valence-corrected chi connectivity index (χ4v) is 2.82. The van der Waals surface area contributed by atoms with Gasteiger partial charge in [0.25, 0.3) is 0 Å². The summed E-state index contributed by atoms with van der Waals surface area (Å²) in [6.45, 7) is 5.89. The van der Waals surface area contributed by atoms with Crippen molar-refractivity contribution in [2.75, 3.05) is 16.0 Å². The van der Waals surface area contributed by atoms with Crippen molar-refractivity contribution in [1.29, 1.82) is 0 Å². The Morgan fingerprint density at radius 3 is 2.73 bits per heavy atom. The Kier molecular flexibility index (Phi) is 4.43. The van der Waals surface area contributed by atoms with Crippen LogP contribution in [0.25, 0.3) is 0 Å². The summed E-state index contributed by atoms with van der Waals surface area (Å²) in [7, 11) is 0. The largest absolute Gasteiger partial charge is 0.396 e. The van der Waals surface area contributed by atoms with Crippen LogP contribution in [0.4, 0.5) is 21.6 Å². The molecule has 0 radical (unpaired) electrons. The molecule has 7 nitrogen and oxygen atoms in total. The van der Waals surface area contributed by atoms with Crippen molar-refractivity contribution >= 4 is 29.0 Å². The molecular formula is C18H21FN4O3. The van der Waals surface area contributed by atoms with Gasteiger partial charge in [-0.25, -0.2) is 4.39 Å². The fourth-order valence-electron chi connectivity index (χ4n) is 2.82. The van der Waals surface area contributed by atoms with Gasteiger partial charge < -0.3 is 15.6 Å². The number of nitrogen functional groups attached to an aromatic ring is 1. The highest BCUT2D eigenvalue weighted by molar-refractivity contribution is 6.07. The molecule has 26 heavy (non-hydrogen) atoms. The van der Waals surface area contributed by atoms with Crippen LogP contribution in [-0.4, -0.2) is 23.0 Å². The van der Waals surface area contributed by atoms with E-state index in [0.29, 0.717) is 17.9 Å². The summed E-state index contributed by atoms with van der Waals surface area (Å²) in [4.78, 5) is 26.2. The summed E-state index contributed by atoms with van der Waals surface area (Å²) < 4.78 is 19.0. The lowest BCUT2D eigenvalue weighted by Crippen LogP contribution is -2.41. The summed E-state index contributed by atoms with van der Waals surface area (Å²) in [5.41, 5.74) is 5.52. The van der Waals surface area contributed by atoms with Crippen LogP contribution in [0.1, 0.15) is 39.4 Å². The summed E-state index contributed by atoms with van der Waals surface area (Å²) in [6, 6.07) is 4.96. The molecule has 8 heteroatoms. The first-order valence-corrected chi connectivity index (χ1v) is 8.32. The molecule has 1 saturated heterocycles. The SMILES string of the molecule is CC(C)(C)c1cc(NC(=O)[C@@H]2CCC(=O)N2c2ccc(N)c(F)c2)no1. The number of benzene rings is 1. The van der Waals surface area contributed by atoms with Crippen LogP contribution in [0.15, 0.2) is 28.8 Å². The second kappa shape index (κ2) is 6.44. The molecule has 1 aromatic heterocycles. The van der Waals surface area contributed by atoms with E-state index in [2.05, 4.69) is 10.5 Å². The van der Waals surface area contributed by atoms with Gasteiger partial charge in [0.2, 0.25) is 11.8 Å². The van der Waals surface area contributed by atoms with Gasteiger partial charge in [0.05, 0.1) is 5.69 Å². The lowest BCUT2D eigenvalue weighted by Gasteiger charge is -2.24. The number of carbonyl (C=O) groups excluding carboxylic acids is 2. The van der Waals surface area contributed by atoms with E-state index in [-0.39, 0.29) is 29.2 Å². The molecular weight excluding hydrogens is 339 g/mol. The predicted molar refractivity (Wildman–Crippen MR) is 95.2 cm³/mol. The third kappa shape index (κ3) is 3.40. The van der Waals surface area contributed by atoms with Gasteiger partial charge in [-0.2, -0.15) is 0 Å². The summed E-state index contributed by atoms with van der Waals surface area (Å²) in [5.74, 6) is -0.366. The van der Waals surface area contributed by atoms with Gasteiger partial charge in [-0.05, 0) is 24.6 Å². The van der Waals surface area contributed by atoms with E-state index in [1.807, 2.05) is 20.8 Å². The number of hydrogen-bond donors (Lipinski definition) is 2. The van der Waals surface area contributed by atoms with Crippen molar-refractivity contribution in [3.05, 3.63) is 35.8 Å². The molecule has 1 aromatic carbocycles. The van der Waals surface area contributed by atoms with Crippen molar-refractivity contribution < 1.29 is 18.5 Å². The van der Waals surface area contributed by atoms with E-state index >= 15 is 0 Å². The highest BCUT2D eigenvalue weighted by Gasteiger charge is 2.37. The van der Waals surface area contributed by atoms with Crippen molar-refractivity contribution in [3.63, 3.8) is 0 Å². The van der Waals surface area contributed by atoms with Gasteiger partial charge in [0.15, 0.2) is 5.82 Å². The third-order valence-corrected chi connectivity index (χ3v) is 4.28. The van der Waals surface area contributed by atoms with Crippen LogP contribution < -0.4 is 16.0 Å². The average Bonchev–Trinajstić information content (AvgIpc) is 3.16. The molecule has 2 aromatic rings. The smallest absolute Gasteiger partial charge is 0.248 e. The third-order valence-electron chi connectivity index (χ3n) is 4.28. The number of nitrogens with two attached hydrogens (primary N) is 1. The lowest BCUT2D eigenvalue weighted by atomic mass is 9.93. The monoisotopic (exact) mass is 360 g/mol. The van der Waals surface area contributed by atoms with Crippen molar-refractivity contribution in [1.82, 2.24) is 5.16 Å². The molecule has 0 bridgehead atoms. The highest BCUT2D eigenvalue weighted by Crippen LogP contribution is 2.30. The first-order valence-electron chi connectivity index (χ1n) is 8.32. The highest BCUT2D eigenvalue weighted by atomic mass is 19.1. The van der Waals surface area contributed by atoms with E-state index in [1.165, 1.54) is 17.0 Å². The normalized spacial score (nSPS) is 17.6. The van der Waals surface area contributed by atoms with E-state index in [1.54, 1.807) is 6.07 Å². The number of amides is 2. The van der Waals surface area contributed by atoms with Gasteiger partial charge in [0.1, 0.15) is 17.6 Å². The van der Waals surface area contributed by atoms with Gasteiger partial charge in [0, 0.05) is 23.6 Å². The van der Waals surface area contributed by atoms with E-state index in [0.717, 1.165) is 6.07 Å². The van der Waals surface area contributed by atoms with Crippen molar-refractivity contribution in [3.8, 4) is 0 Å². The number of nitrogens with zero attached hydrogens (tertiary/aromatic N) is 2. The van der Waals surface area contributed by atoms with Gasteiger partial charge in [-0.3, -0.25) is 14.5 Å². The second-order valence-corrected chi connectivity index (χ2v) is 7.34. The first kappa shape index (κ1) is 17.9. The molecule has 2 amide bonds. The molecule has 0 aliphatic carbocycles. The number of rotatable bonds is 3. The van der Waals surface area contributed by atoms with E-state index in [4.69, 9.17) is 10.3 Å². The Morgan fingerprint density at radius 1 is 1.38 bits per heavy atom. The molecule has 0 unspecified atom stereocenters. The summed E-state index contributed by atoms with van der Waals surface area (Å²) >= 11 is 0. The van der Waals surface area contributed by atoms with Gasteiger partial charge in [-0.1, -0.05) is 25.9 Å². The maximum atomic E-state index is 13.8. The minimum absolute atomic E-state index is 0.0151. The van der Waals surface area contributed by atoms with Crippen molar-refractivity contribution in [2.24, 2.45) is 0 Å². The lowest BCUT2D eigenvalue weighted by molar-refractivity contribution is -0.120. The fraction of sp³-hybridized carbons (Fsp3) is 0.389.